The maximum atomic E-state index is 2.43. The minimum atomic E-state index is 0.484. The molecule has 0 fully saturated rings. The lowest BCUT2D eigenvalue weighted by Gasteiger charge is -2.28. The lowest BCUT2D eigenvalue weighted by atomic mass is 9.78. The van der Waals surface area contributed by atoms with E-state index in [0.717, 1.165) is 17.8 Å². The second kappa shape index (κ2) is 7.35. The van der Waals surface area contributed by atoms with E-state index in [2.05, 4.69) is 48.5 Å². The van der Waals surface area contributed by atoms with Crippen molar-refractivity contribution in [3.63, 3.8) is 0 Å². The third-order valence-electron chi connectivity index (χ3n) is 4.49. The highest BCUT2D eigenvalue weighted by atomic mass is 14.3. The average molecular weight is 226 g/mol. The first kappa shape index (κ1) is 16.0. The molecule has 0 heteroatoms. The zero-order valence-electron chi connectivity index (χ0n) is 12.8. The largest absolute Gasteiger partial charge is 0.0654 e. The summed E-state index contributed by atoms with van der Waals surface area (Å²) >= 11 is 0. The summed E-state index contributed by atoms with van der Waals surface area (Å²) in [5.41, 5.74) is 0.484. The van der Waals surface area contributed by atoms with E-state index < -0.39 is 0 Å². The van der Waals surface area contributed by atoms with Crippen molar-refractivity contribution in [1.29, 1.82) is 0 Å². The van der Waals surface area contributed by atoms with Crippen LogP contribution in [0.15, 0.2) is 0 Å². The summed E-state index contributed by atoms with van der Waals surface area (Å²) in [4.78, 5) is 0. The van der Waals surface area contributed by atoms with Gasteiger partial charge in [-0.2, -0.15) is 0 Å². The first-order chi connectivity index (χ1) is 7.29. The van der Waals surface area contributed by atoms with Crippen LogP contribution in [0.5, 0.6) is 0 Å². The maximum Gasteiger partial charge on any atom is -0.0357 e. The molecule has 0 saturated heterocycles. The Morgan fingerprint density at radius 2 is 1.31 bits per heavy atom. The van der Waals surface area contributed by atoms with Crippen molar-refractivity contribution in [3.8, 4) is 0 Å². The summed E-state index contributed by atoms with van der Waals surface area (Å²) in [6, 6.07) is 0. The van der Waals surface area contributed by atoms with Crippen molar-refractivity contribution >= 4 is 0 Å². The van der Waals surface area contributed by atoms with Crippen molar-refractivity contribution in [3.05, 3.63) is 0 Å². The molecule has 0 aliphatic heterocycles. The third kappa shape index (κ3) is 6.55. The number of hydrogen-bond acceptors (Lipinski definition) is 0. The first-order valence-electron chi connectivity index (χ1n) is 7.29. The second-order valence-electron chi connectivity index (χ2n) is 6.94. The second-order valence-corrected chi connectivity index (χ2v) is 6.94. The van der Waals surface area contributed by atoms with Crippen LogP contribution in [0, 0.1) is 23.2 Å². The molecular formula is C16H34. The lowest BCUT2D eigenvalue weighted by molar-refractivity contribution is 0.230. The van der Waals surface area contributed by atoms with Crippen LogP contribution in [0.4, 0.5) is 0 Å². The zero-order chi connectivity index (χ0) is 12.8. The van der Waals surface area contributed by atoms with Crippen LogP contribution in [-0.4, -0.2) is 0 Å². The first-order valence-corrected chi connectivity index (χ1v) is 7.29. The molecule has 0 aliphatic carbocycles. The fourth-order valence-electron chi connectivity index (χ4n) is 2.20. The molecule has 0 aromatic rings. The van der Waals surface area contributed by atoms with Gasteiger partial charge in [0.2, 0.25) is 0 Å². The van der Waals surface area contributed by atoms with E-state index in [1.165, 1.54) is 32.1 Å². The highest BCUT2D eigenvalue weighted by Crippen LogP contribution is 2.31. The molecule has 0 spiro atoms. The molecule has 98 valence electrons. The molecule has 0 rings (SSSR count). The predicted molar refractivity (Wildman–Crippen MR) is 75.7 cm³/mol. The topological polar surface area (TPSA) is 0 Å². The third-order valence-corrected chi connectivity index (χ3v) is 4.49. The molecule has 0 aromatic carbocycles. The van der Waals surface area contributed by atoms with Gasteiger partial charge in [0, 0.05) is 0 Å². The van der Waals surface area contributed by atoms with Crippen LogP contribution < -0.4 is 0 Å². The van der Waals surface area contributed by atoms with Crippen LogP contribution in [0.2, 0.25) is 0 Å². The average Bonchev–Trinajstić information content (AvgIpc) is 2.16. The Labute approximate surface area is 104 Å². The number of hydrogen-bond donors (Lipinski definition) is 0. The molecule has 0 N–H and O–H groups in total. The van der Waals surface area contributed by atoms with Crippen LogP contribution in [0.3, 0.4) is 0 Å². The molecule has 0 amide bonds. The van der Waals surface area contributed by atoms with Crippen molar-refractivity contribution < 1.29 is 0 Å². The summed E-state index contributed by atoms with van der Waals surface area (Å²) in [5, 5.41) is 0. The predicted octanol–water partition coefficient (Wildman–Crippen LogP) is 5.91. The van der Waals surface area contributed by atoms with E-state index in [1.807, 2.05) is 0 Å². The van der Waals surface area contributed by atoms with Crippen molar-refractivity contribution in [2.45, 2.75) is 80.6 Å². The van der Waals surface area contributed by atoms with Crippen LogP contribution >= 0.6 is 0 Å². The van der Waals surface area contributed by atoms with Crippen molar-refractivity contribution in [1.82, 2.24) is 0 Å². The van der Waals surface area contributed by atoms with Crippen molar-refractivity contribution in [2.75, 3.05) is 0 Å². The Morgan fingerprint density at radius 1 is 0.812 bits per heavy atom. The van der Waals surface area contributed by atoms with Gasteiger partial charge in [0.1, 0.15) is 0 Å². The van der Waals surface area contributed by atoms with Gasteiger partial charge in [-0.15, -0.1) is 0 Å². The molecule has 0 aromatic heterocycles. The normalized spacial score (nSPS) is 18.2. The van der Waals surface area contributed by atoms with Gasteiger partial charge >= 0.3 is 0 Å². The van der Waals surface area contributed by atoms with E-state index in [4.69, 9.17) is 0 Å². The Bertz CT molecular complexity index is 163. The summed E-state index contributed by atoms with van der Waals surface area (Å²) in [6.45, 7) is 16.6. The van der Waals surface area contributed by atoms with Crippen LogP contribution in [0.1, 0.15) is 80.6 Å². The minimum absolute atomic E-state index is 0.484. The Hall–Kier alpha value is 0. The Morgan fingerprint density at radius 3 is 1.75 bits per heavy atom. The molecule has 3 unspecified atom stereocenters. The summed E-state index contributed by atoms with van der Waals surface area (Å²) in [6.07, 6.45) is 6.96. The van der Waals surface area contributed by atoms with Crippen LogP contribution in [0.25, 0.3) is 0 Å². The van der Waals surface area contributed by atoms with E-state index in [1.54, 1.807) is 0 Å². The fourth-order valence-corrected chi connectivity index (χ4v) is 2.20. The van der Waals surface area contributed by atoms with Gasteiger partial charge in [0.25, 0.3) is 0 Å². The van der Waals surface area contributed by atoms with E-state index in [0.29, 0.717) is 5.41 Å². The Balaban J connectivity index is 3.73. The molecular weight excluding hydrogens is 192 g/mol. The molecule has 0 nitrogen and oxygen atoms in total. The van der Waals surface area contributed by atoms with Gasteiger partial charge in [-0.05, 0) is 23.2 Å². The van der Waals surface area contributed by atoms with E-state index >= 15 is 0 Å². The monoisotopic (exact) mass is 226 g/mol. The minimum Gasteiger partial charge on any atom is -0.0654 e. The number of rotatable bonds is 7. The molecule has 3 atom stereocenters. The quantitative estimate of drug-likeness (QED) is 0.506. The van der Waals surface area contributed by atoms with E-state index in [9.17, 15) is 0 Å². The smallest absolute Gasteiger partial charge is 0.0357 e. The molecule has 0 aliphatic rings. The highest BCUT2D eigenvalue weighted by Gasteiger charge is 2.20. The molecule has 0 bridgehead atoms. The van der Waals surface area contributed by atoms with Gasteiger partial charge < -0.3 is 0 Å². The summed E-state index contributed by atoms with van der Waals surface area (Å²) in [7, 11) is 0. The van der Waals surface area contributed by atoms with Gasteiger partial charge in [-0.3, -0.25) is 0 Å². The van der Waals surface area contributed by atoms with E-state index in [-0.39, 0.29) is 0 Å². The van der Waals surface area contributed by atoms with Crippen LogP contribution in [-0.2, 0) is 0 Å². The highest BCUT2D eigenvalue weighted by molar-refractivity contribution is 4.71. The van der Waals surface area contributed by atoms with Crippen molar-refractivity contribution in [2.24, 2.45) is 23.2 Å². The van der Waals surface area contributed by atoms with Gasteiger partial charge in [0.05, 0.1) is 0 Å². The standard InChI is InChI=1S/C16H34/c1-8-10-13(2)14(3)11-9-12-15(4)16(5,6)7/h13-15H,8-12H2,1-7H3. The molecule has 0 saturated carbocycles. The maximum absolute atomic E-state index is 2.43. The van der Waals surface area contributed by atoms with Gasteiger partial charge in [-0.25, -0.2) is 0 Å². The molecule has 0 heterocycles. The van der Waals surface area contributed by atoms with Gasteiger partial charge in [0.15, 0.2) is 0 Å². The summed E-state index contributed by atoms with van der Waals surface area (Å²) < 4.78 is 0. The molecule has 16 heavy (non-hydrogen) atoms. The molecule has 0 radical (unpaired) electrons. The SMILES string of the molecule is CCCC(C)C(C)CCCC(C)C(C)(C)C. The summed E-state index contributed by atoms with van der Waals surface area (Å²) in [5.74, 6) is 2.67. The Kier molecular flexibility index (Phi) is 7.35. The fraction of sp³-hybridized carbons (Fsp3) is 1.00. The lowest BCUT2D eigenvalue weighted by Crippen LogP contribution is -2.17. The van der Waals surface area contributed by atoms with Gasteiger partial charge in [-0.1, -0.05) is 80.6 Å². The zero-order valence-corrected chi connectivity index (χ0v) is 12.8.